The summed E-state index contributed by atoms with van der Waals surface area (Å²) in [6.45, 7) is 6.68. The topological polar surface area (TPSA) is 125 Å². The average Bonchev–Trinajstić information content (AvgIpc) is 3.14. The molecule has 164 valence electrons. The van der Waals surface area contributed by atoms with Gasteiger partial charge in [-0.15, -0.1) is 0 Å². The molecule has 0 aliphatic carbocycles. The summed E-state index contributed by atoms with van der Waals surface area (Å²) < 4.78 is 29.4. The summed E-state index contributed by atoms with van der Waals surface area (Å²) in [5.74, 6) is -2.92. The van der Waals surface area contributed by atoms with Gasteiger partial charge in [0.05, 0.1) is 12.2 Å². The summed E-state index contributed by atoms with van der Waals surface area (Å²) in [5, 5.41) is 14.8. The highest BCUT2D eigenvalue weighted by Gasteiger charge is 2.62. The maximum Gasteiger partial charge on any atom is 0.252 e. The van der Waals surface area contributed by atoms with Crippen molar-refractivity contribution in [2.75, 3.05) is 11.9 Å². The van der Waals surface area contributed by atoms with Gasteiger partial charge in [-0.25, -0.2) is 0 Å². The predicted molar refractivity (Wildman–Crippen MR) is 102 cm³/mol. The van der Waals surface area contributed by atoms with Gasteiger partial charge in [-0.1, -0.05) is 12.1 Å². The minimum Gasteiger partial charge on any atom is -0.506 e. The van der Waals surface area contributed by atoms with E-state index in [1.54, 1.807) is 45.9 Å². The Morgan fingerprint density at radius 3 is 2.33 bits per heavy atom. The van der Waals surface area contributed by atoms with Crippen molar-refractivity contribution in [1.29, 1.82) is 0 Å². The molecule has 2 amide bonds. The van der Waals surface area contributed by atoms with Gasteiger partial charge in [0.15, 0.2) is 24.0 Å². The summed E-state index contributed by atoms with van der Waals surface area (Å²) in [4.78, 5) is 25.0. The Hall–Kier alpha value is -2.24. The quantitative estimate of drug-likeness (QED) is 0.610. The first-order valence-corrected chi connectivity index (χ1v) is 9.77. The van der Waals surface area contributed by atoms with Crippen molar-refractivity contribution < 1.29 is 38.4 Å². The van der Waals surface area contributed by atoms with Gasteiger partial charge >= 0.3 is 0 Å². The average molecular weight is 422 g/mol. The van der Waals surface area contributed by atoms with E-state index in [0.717, 1.165) is 0 Å². The number of hydrogen-bond donors (Lipinski definition) is 3. The number of phenolic OH excluding ortho intramolecular Hbond substituents is 1. The van der Waals surface area contributed by atoms with Gasteiger partial charge in [-0.3, -0.25) is 9.59 Å². The molecule has 3 fully saturated rings. The molecule has 3 aliphatic rings. The summed E-state index contributed by atoms with van der Waals surface area (Å²) in [6, 6.07) is 6.31. The summed E-state index contributed by atoms with van der Waals surface area (Å²) in [6.07, 6.45) is -3.68. The van der Waals surface area contributed by atoms with Crippen molar-refractivity contribution >= 4 is 17.5 Å². The van der Waals surface area contributed by atoms with Crippen LogP contribution in [-0.2, 0) is 33.3 Å². The monoisotopic (exact) mass is 422 g/mol. The molecule has 5 atom stereocenters. The second-order valence-electron chi connectivity index (χ2n) is 8.37. The molecule has 0 saturated carbocycles. The van der Waals surface area contributed by atoms with Crippen molar-refractivity contribution in [2.24, 2.45) is 0 Å². The molecule has 30 heavy (non-hydrogen) atoms. The summed E-state index contributed by atoms with van der Waals surface area (Å²) in [5.41, 5.74) is 0.251. The number of anilines is 1. The fourth-order valence-corrected chi connectivity index (χ4v) is 3.87. The molecule has 0 bridgehead atoms. The van der Waals surface area contributed by atoms with Gasteiger partial charge < -0.3 is 39.4 Å². The van der Waals surface area contributed by atoms with Crippen LogP contribution in [0.4, 0.5) is 5.69 Å². The number of para-hydroxylation sites is 2. The Balaban J connectivity index is 1.41. The maximum absolute atomic E-state index is 12.8. The number of phenols is 1. The Kier molecular flexibility index (Phi) is 5.23. The van der Waals surface area contributed by atoms with E-state index < -0.39 is 54.1 Å². The first-order chi connectivity index (χ1) is 14.0. The number of aromatic hydroxyl groups is 1. The molecule has 0 radical (unpaired) electrons. The number of carbonyl (C=O) groups is 2. The van der Waals surface area contributed by atoms with Crippen molar-refractivity contribution in [3.63, 3.8) is 0 Å². The van der Waals surface area contributed by atoms with Gasteiger partial charge in [0, 0.05) is 0 Å². The molecule has 4 rings (SSSR count). The molecule has 3 aliphatic heterocycles. The SMILES string of the molecule is CC1(C)O[C@H]2[C@@H](O1)[C@H](C(=O)NCC(=O)Nc1ccccc1O)O[C@H]1OC(C)(C)O[C@@H]12. The third-order valence-corrected chi connectivity index (χ3v) is 5.01. The van der Waals surface area contributed by atoms with Crippen molar-refractivity contribution in [1.82, 2.24) is 5.32 Å². The van der Waals surface area contributed by atoms with E-state index in [4.69, 9.17) is 23.7 Å². The number of rotatable bonds is 4. The minimum absolute atomic E-state index is 0.0681. The van der Waals surface area contributed by atoms with Crippen LogP contribution in [0.15, 0.2) is 24.3 Å². The lowest BCUT2D eigenvalue weighted by Crippen LogP contribution is -2.59. The van der Waals surface area contributed by atoms with Crippen LogP contribution in [0.2, 0.25) is 0 Å². The molecule has 0 spiro atoms. The number of nitrogens with one attached hydrogen (secondary N) is 2. The Labute approximate surface area is 173 Å². The molecule has 10 nitrogen and oxygen atoms in total. The Morgan fingerprint density at radius 1 is 0.967 bits per heavy atom. The molecule has 0 aromatic heterocycles. The number of ether oxygens (including phenoxy) is 5. The molecule has 3 saturated heterocycles. The Bertz CT molecular complexity index is 842. The van der Waals surface area contributed by atoms with Gasteiger partial charge in [0.2, 0.25) is 5.91 Å². The van der Waals surface area contributed by atoms with Crippen LogP contribution in [0.1, 0.15) is 27.7 Å². The first-order valence-electron chi connectivity index (χ1n) is 9.77. The van der Waals surface area contributed by atoms with Gasteiger partial charge in [-0.05, 0) is 39.8 Å². The third-order valence-electron chi connectivity index (χ3n) is 5.01. The summed E-state index contributed by atoms with van der Waals surface area (Å²) in [7, 11) is 0. The normalized spacial score (nSPS) is 33.4. The van der Waals surface area contributed by atoms with Crippen LogP contribution in [0.25, 0.3) is 0 Å². The van der Waals surface area contributed by atoms with E-state index in [1.165, 1.54) is 6.07 Å². The smallest absolute Gasteiger partial charge is 0.252 e. The third kappa shape index (κ3) is 4.14. The zero-order valence-corrected chi connectivity index (χ0v) is 17.2. The number of carbonyl (C=O) groups excluding carboxylic acids is 2. The van der Waals surface area contributed by atoms with Gasteiger partial charge in [0.1, 0.15) is 24.1 Å². The lowest BCUT2D eigenvalue weighted by Gasteiger charge is -2.36. The van der Waals surface area contributed by atoms with E-state index >= 15 is 0 Å². The predicted octanol–water partition coefficient (Wildman–Crippen LogP) is 0.843. The lowest BCUT2D eigenvalue weighted by atomic mass is 9.98. The van der Waals surface area contributed by atoms with E-state index in [2.05, 4.69) is 10.6 Å². The second kappa shape index (κ2) is 7.47. The van der Waals surface area contributed by atoms with Crippen LogP contribution in [0.5, 0.6) is 5.75 Å². The Morgan fingerprint density at radius 2 is 1.60 bits per heavy atom. The van der Waals surface area contributed by atoms with E-state index in [9.17, 15) is 14.7 Å². The van der Waals surface area contributed by atoms with E-state index in [0.29, 0.717) is 0 Å². The molecule has 1 aromatic rings. The first kappa shape index (κ1) is 21.0. The fourth-order valence-electron chi connectivity index (χ4n) is 3.87. The fraction of sp³-hybridized carbons (Fsp3) is 0.600. The van der Waals surface area contributed by atoms with Crippen molar-refractivity contribution in [2.45, 2.75) is 70.0 Å². The molecule has 10 heteroatoms. The van der Waals surface area contributed by atoms with Crippen molar-refractivity contribution in [3.8, 4) is 5.75 Å². The molecular formula is C20H26N2O8. The number of hydrogen-bond acceptors (Lipinski definition) is 8. The molecule has 3 N–H and O–H groups in total. The lowest BCUT2D eigenvalue weighted by molar-refractivity contribution is -0.231. The van der Waals surface area contributed by atoms with E-state index in [-0.39, 0.29) is 18.0 Å². The summed E-state index contributed by atoms with van der Waals surface area (Å²) >= 11 is 0. The van der Waals surface area contributed by atoms with Crippen LogP contribution in [0.3, 0.4) is 0 Å². The highest BCUT2D eigenvalue weighted by Crippen LogP contribution is 2.44. The molecular weight excluding hydrogens is 396 g/mol. The van der Waals surface area contributed by atoms with Gasteiger partial charge in [-0.2, -0.15) is 0 Å². The van der Waals surface area contributed by atoms with Crippen molar-refractivity contribution in [3.05, 3.63) is 24.3 Å². The molecule has 3 heterocycles. The van der Waals surface area contributed by atoms with Gasteiger partial charge in [0.25, 0.3) is 5.91 Å². The van der Waals surface area contributed by atoms with Crippen LogP contribution < -0.4 is 10.6 Å². The second-order valence-corrected chi connectivity index (χ2v) is 8.37. The number of fused-ring (bicyclic) bond motifs is 3. The largest absolute Gasteiger partial charge is 0.506 e. The number of benzene rings is 1. The standard InChI is InChI=1S/C20H26N2O8/c1-19(2)27-13-14(28-19)16-18(30-20(3,4)29-16)26-15(13)17(25)21-9-12(24)22-10-7-5-6-8-11(10)23/h5-8,13-16,18,23H,9H2,1-4H3,(H,21,25)(H,22,24)/t13-,14+,15-,16-,18+/m1/s1. The van der Waals surface area contributed by atoms with Crippen LogP contribution in [0, 0.1) is 0 Å². The van der Waals surface area contributed by atoms with Crippen LogP contribution in [-0.4, -0.2) is 65.7 Å². The highest BCUT2D eigenvalue weighted by atomic mass is 16.9. The van der Waals surface area contributed by atoms with Crippen LogP contribution >= 0.6 is 0 Å². The zero-order chi connectivity index (χ0) is 21.7. The highest BCUT2D eigenvalue weighted by molar-refractivity contribution is 5.96. The molecule has 0 unspecified atom stereocenters. The molecule has 1 aromatic carbocycles. The zero-order valence-electron chi connectivity index (χ0n) is 17.2. The number of amides is 2. The maximum atomic E-state index is 12.8. The minimum atomic E-state index is -1.05. The van der Waals surface area contributed by atoms with E-state index in [1.807, 2.05) is 0 Å².